The molecule has 0 fully saturated rings. The van der Waals surface area contributed by atoms with Crippen LogP contribution in [0.2, 0.25) is 0 Å². The molecule has 20 heavy (non-hydrogen) atoms. The third-order valence-corrected chi connectivity index (χ3v) is 4.41. The molecular weight excluding hydrogens is 289 g/mol. The van der Waals surface area contributed by atoms with Gasteiger partial charge in [0.1, 0.15) is 4.90 Å². The summed E-state index contributed by atoms with van der Waals surface area (Å²) < 4.78 is 40.5. The van der Waals surface area contributed by atoms with Crippen LogP contribution in [0.15, 0.2) is 17.0 Å². The van der Waals surface area contributed by atoms with Gasteiger partial charge in [-0.05, 0) is 13.3 Å². The van der Waals surface area contributed by atoms with Gasteiger partial charge >= 0.3 is 0 Å². The molecule has 0 aromatic heterocycles. The topological polar surface area (TPSA) is 101 Å². The van der Waals surface area contributed by atoms with Crippen LogP contribution in [0.4, 0.5) is 15.8 Å². The van der Waals surface area contributed by atoms with E-state index in [9.17, 15) is 22.9 Å². The molecule has 112 valence electrons. The first kappa shape index (κ1) is 16.3. The lowest BCUT2D eigenvalue weighted by molar-refractivity contribution is -0.385. The van der Waals surface area contributed by atoms with E-state index in [0.717, 1.165) is 6.07 Å². The number of nitrogens with one attached hydrogen (secondary N) is 2. The van der Waals surface area contributed by atoms with Gasteiger partial charge in [-0.25, -0.2) is 17.5 Å². The molecule has 1 aromatic carbocycles. The molecule has 0 heterocycles. The van der Waals surface area contributed by atoms with Crippen LogP contribution in [-0.2, 0) is 10.0 Å². The maximum absolute atomic E-state index is 13.9. The molecule has 0 radical (unpaired) electrons. The third-order valence-electron chi connectivity index (χ3n) is 2.75. The van der Waals surface area contributed by atoms with Crippen molar-refractivity contribution >= 4 is 21.4 Å². The average molecular weight is 305 g/mol. The van der Waals surface area contributed by atoms with Crippen LogP contribution in [0.25, 0.3) is 0 Å². The van der Waals surface area contributed by atoms with E-state index in [4.69, 9.17) is 0 Å². The first-order chi connectivity index (χ1) is 9.22. The molecule has 1 unspecified atom stereocenters. The number of nitro groups is 1. The molecule has 7 nitrogen and oxygen atoms in total. The number of anilines is 1. The van der Waals surface area contributed by atoms with Gasteiger partial charge in [-0.1, -0.05) is 6.92 Å². The summed E-state index contributed by atoms with van der Waals surface area (Å²) in [6.45, 7) is 3.41. The zero-order valence-electron chi connectivity index (χ0n) is 11.3. The molecule has 0 aliphatic rings. The summed E-state index contributed by atoms with van der Waals surface area (Å²) in [5, 5.41) is 13.1. The molecule has 9 heteroatoms. The van der Waals surface area contributed by atoms with Crippen molar-refractivity contribution in [1.82, 2.24) is 4.72 Å². The lowest BCUT2D eigenvalue weighted by Crippen LogP contribution is -2.33. The van der Waals surface area contributed by atoms with Gasteiger partial charge in [0.05, 0.1) is 16.7 Å². The van der Waals surface area contributed by atoms with Crippen LogP contribution in [0.5, 0.6) is 0 Å². The molecule has 0 aliphatic heterocycles. The van der Waals surface area contributed by atoms with Crippen molar-refractivity contribution in [1.29, 1.82) is 0 Å². The predicted molar refractivity (Wildman–Crippen MR) is 72.7 cm³/mol. The second-order valence-corrected chi connectivity index (χ2v) is 5.89. The van der Waals surface area contributed by atoms with E-state index in [-0.39, 0.29) is 11.7 Å². The summed E-state index contributed by atoms with van der Waals surface area (Å²) in [6.07, 6.45) is 0.530. The van der Waals surface area contributed by atoms with Crippen LogP contribution in [0, 0.1) is 15.9 Å². The van der Waals surface area contributed by atoms with E-state index in [1.54, 1.807) is 13.8 Å². The Kier molecular flexibility index (Phi) is 5.01. The van der Waals surface area contributed by atoms with Gasteiger partial charge in [-0.2, -0.15) is 0 Å². The third kappa shape index (κ3) is 3.42. The predicted octanol–water partition coefficient (Wildman–Crippen LogP) is 1.85. The van der Waals surface area contributed by atoms with Crippen molar-refractivity contribution < 1.29 is 17.7 Å². The van der Waals surface area contributed by atoms with E-state index in [1.165, 1.54) is 7.05 Å². The Balaban J connectivity index is 3.41. The zero-order chi connectivity index (χ0) is 15.5. The van der Waals surface area contributed by atoms with E-state index in [2.05, 4.69) is 10.0 Å². The number of benzene rings is 1. The SMILES string of the molecule is CCC(C)NS(=O)(=O)c1c(F)cc([N+](=O)[O-])cc1NC. The van der Waals surface area contributed by atoms with Crippen molar-refractivity contribution in [3.8, 4) is 0 Å². The van der Waals surface area contributed by atoms with Gasteiger partial charge < -0.3 is 5.32 Å². The van der Waals surface area contributed by atoms with Crippen LogP contribution in [0.1, 0.15) is 20.3 Å². The largest absolute Gasteiger partial charge is 0.387 e. The second-order valence-electron chi connectivity index (χ2n) is 4.24. The van der Waals surface area contributed by atoms with Crippen LogP contribution in [-0.4, -0.2) is 26.4 Å². The minimum absolute atomic E-state index is 0.160. The number of hydrogen-bond acceptors (Lipinski definition) is 5. The number of sulfonamides is 1. The van der Waals surface area contributed by atoms with Crippen molar-refractivity contribution in [2.75, 3.05) is 12.4 Å². The van der Waals surface area contributed by atoms with Gasteiger partial charge in [0.25, 0.3) is 5.69 Å². The Morgan fingerprint density at radius 2 is 2.05 bits per heavy atom. The molecule has 0 saturated carbocycles. The van der Waals surface area contributed by atoms with Crippen LogP contribution >= 0.6 is 0 Å². The average Bonchev–Trinajstić information content (AvgIpc) is 2.36. The Hall–Kier alpha value is -1.74. The summed E-state index contributed by atoms with van der Waals surface area (Å²) in [7, 11) is -2.74. The highest BCUT2D eigenvalue weighted by Crippen LogP contribution is 2.29. The highest BCUT2D eigenvalue weighted by Gasteiger charge is 2.27. The minimum Gasteiger partial charge on any atom is -0.387 e. The molecule has 0 bridgehead atoms. The number of rotatable bonds is 6. The fourth-order valence-electron chi connectivity index (χ4n) is 1.55. The van der Waals surface area contributed by atoms with E-state index in [0.29, 0.717) is 12.5 Å². The normalized spacial score (nSPS) is 13.0. The van der Waals surface area contributed by atoms with E-state index in [1.807, 2.05) is 0 Å². The molecule has 2 N–H and O–H groups in total. The Bertz CT molecular complexity index is 618. The first-order valence-electron chi connectivity index (χ1n) is 5.91. The summed E-state index contributed by atoms with van der Waals surface area (Å²) in [5.41, 5.74) is -0.679. The van der Waals surface area contributed by atoms with Gasteiger partial charge in [-0.15, -0.1) is 0 Å². The lowest BCUT2D eigenvalue weighted by atomic mass is 10.2. The van der Waals surface area contributed by atoms with Gasteiger partial charge in [-0.3, -0.25) is 10.1 Å². The summed E-state index contributed by atoms with van der Waals surface area (Å²) in [4.78, 5) is 9.24. The number of halogens is 1. The minimum atomic E-state index is -4.10. The summed E-state index contributed by atoms with van der Waals surface area (Å²) >= 11 is 0. The quantitative estimate of drug-likeness (QED) is 0.617. The van der Waals surface area contributed by atoms with Gasteiger partial charge in [0, 0.05) is 19.2 Å². The molecule has 1 atom stereocenters. The number of hydrogen-bond donors (Lipinski definition) is 2. The lowest BCUT2D eigenvalue weighted by Gasteiger charge is -2.15. The monoisotopic (exact) mass is 305 g/mol. The molecule has 0 amide bonds. The number of nitrogens with zero attached hydrogens (tertiary/aromatic N) is 1. The smallest absolute Gasteiger partial charge is 0.274 e. The van der Waals surface area contributed by atoms with Gasteiger partial charge in [0.2, 0.25) is 10.0 Å². The molecule has 0 aliphatic carbocycles. The Morgan fingerprint density at radius 1 is 1.45 bits per heavy atom. The van der Waals surface area contributed by atoms with Crippen molar-refractivity contribution in [3.05, 3.63) is 28.1 Å². The molecule has 0 spiro atoms. The molecular formula is C11H16FN3O4S. The van der Waals surface area contributed by atoms with E-state index >= 15 is 0 Å². The molecule has 1 aromatic rings. The van der Waals surface area contributed by atoms with Gasteiger partial charge in [0.15, 0.2) is 5.82 Å². The standard InChI is InChI=1S/C11H16FN3O4S/c1-4-7(2)14-20(18,19)11-9(12)5-8(15(16)17)6-10(11)13-3/h5-7,13-14H,4H2,1-3H3. The highest BCUT2D eigenvalue weighted by atomic mass is 32.2. The van der Waals surface area contributed by atoms with Crippen molar-refractivity contribution in [2.24, 2.45) is 0 Å². The molecule has 0 saturated heterocycles. The van der Waals surface area contributed by atoms with E-state index < -0.39 is 31.3 Å². The maximum atomic E-state index is 13.9. The highest BCUT2D eigenvalue weighted by molar-refractivity contribution is 7.89. The number of nitro benzene ring substituents is 1. The van der Waals surface area contributed by atoms with Crippen molar-refractivity contribution in [3.63, 3.8) is 0 Å². The number of non-ortho nitro benzene ring substituents is 1. The Morgan fingerprint density at radius 3 is 2.50 bits per heavy atom. The summed E-state index contributed by atoms with van der Waals surface area (Å²) in [6, 6.07) is 1.19. The van der Waals surface area contributed by atoms with Crippen LogP contribution < -0.4 is 10.0 Å². The second kappa shape index (κ2) is 6.14. The Labute approximate surface area is 116 Å². The fraction of sp³-hybridized carbons (Fsp3) is 0.455. The van der Waals surface area contributed by atoms with Crippen LogP contribution in [0.3, 0.4) is 0 Å². The fourth-order valence-corrected chi connectivity index (χ4v) is 3.13. The first-order valence-corrected chi connectivity index (χ1v) is 7.39. The zero-order valence-corrected chi connectivity index (χ0v) is 12.1. The van der Waals surface area contributed by atoms with Crippen molar-refractivity contribution in [2.45, 2.75) is 31.2 Å². The maximum Gasteiger partial charge on any atom is 0.274 e. The molecule has 1 rings (SSSR count). The summed E-state index contributed by atoms with van der Waals surface area (Å²) in [5.74, 6) is -1.17.